The molecule has 0 unspecified atom stereocenters. The van der Waals surface area contributed by atoms with Crippen molar-refractivity contribution in [3.05, 3.63) is 18.2 Å². The monoisotopic (exact) mass is 236 g/mol. The molecule has 0 amide bonds. The average Bonchev–Trinajstić information content (AvgIpc) is 2.33. The molecule has 1 aromatic rings. The molecule has 0 spiro atoms. The minimum absolute atomic E-state index is 0.959. The van der Waals surface area contributed by atoms with Gasteiger partial charge in [0.25, 0.3) is 0 Å². The van der Waals surface area contributed by atoms with Crippen LogP contribution >= 0.6 is 0 Å². The van der Waals surface area contributed by atoms with E-state index in [9.17, 15) is 0 Å². The summed E-state index contributed by atoms with van der Waals surface area (Å²) in [6.45, 7) is 5.14. The number of rotatable bonds is 7. The van der Waals surface area contributed by atoms with Gasteiger partial charge in [-0.1, -0.05) is 13.0 Å². The average molecular weight is 236 g/mol. The Morgan fingerprint density at radius 1 is 1.18 bits per heavy atom. The molecule has 1 rings (SSSR count). The molecule has 0 aromatic carbocycles. The third kappa shape index (κ3) is 5.04. The summed E-state index contributed by atoms with van der Waals surface area (Å²) in [4.78, 5) is 8.94. The normalized spacial score (nSPS) is 10.6. The molecule has 4 nitrogen and oxygen atoms in total. The molecule has 0 saturated carbocycles. The van der Waals surface area contributed by atoms with E-state index in [-0.39, 0.29) is 0 Å². The van der Waals surface area contributed by atoms with Crippen LogP contribution in [-0.2, 0) is 0 Å². The number of hydrogen-bond donors (Lipinski definition) is 1. The van der Waals surface area contributed by atoms with Crippen molar-refractivity contribution in [2.45, 2.75) is 13.3 Å². The Bertz CT molecular complexity index is 325. The second kappa shape index (κ2) is 7.12. The molecule has 1 N–H and O–H groups in total. The molecule has 1 heterocycles. The second-order valence-electron chi connectivity index (χ2n) is 4.53. The van der Waals surface area contributed by atoms with E-state index in [0.717, 1.165) is 37.7 Å². The number of nitrogens with zero attached hydrogens (tertiary/aromatic N) is 3. The first-order valence-electron chi connectivity index (χ1n) is 6.20. The molecule has 4 heteroatoms. The zero-order valence-corrected chi connectivity index (χ0v) is 11.4. The first kappa shape index (κ1) is 13.8. The van der Waals surface area contributed by atoms with E-state index in [4.69, 9.17) is 0 Å². The van der Waals surface area contributed by atoms with Gasteiger partial charge in [-0.25, -0.2) is 4.98 Å². The molecule has 0 aliphatic heterocycles. The van der Waals surface area contributed by atoms with Crippen molar-refractivity contribution in [2.75, 3.05) is 51.0 Å². The lowest BCUT2D eigenvalue weighted by molar-refractivity contribution is 0.416. The molecule has 96 valence electrons. The zero-order chi connectivity index (χ0) is 12.7. The topological polar surface area (TPSA) is 31.4 Å². The van der Waals surface area contributed by atoms with Gasteiger partial charge in [-0.05, 0) is 32.6 Å². The highest BCUT2D eigenvalue weighted by atomic mass is 15.2. The summed E-state index contributed by atoms with van der Waals surface area (Å²) in [5, 5.41) is 3.31. The van der Waals surface area contributed by atoms with E-state index in [1.807, 2.05) is 18.2 Å². The Morgan fingerprint density at radius 3 is 2.59 bits per heavy atom. The Labute approximate surface area is 105 Å². The maximum Gasteiger partial charge on any atom is 0.130 e. The summed E-state index contributed by atoms with van der Waals surface area (Å²) in [6.07, 6.45) is 1.11. The fourth-order valence-corrected chi connectivity index (χ4v) is 1.45. The molecule has 0 radical (unpaired) electrons. The molecule has 1 aromatic heterocycles. The van der Waals surface area contributed by atoms with Gasteiger partial charge in [0, 0.05) is 26.7 Å². The van der Waals surface area contributed by atoms with Crippen LogP contribution in [0.25, 0.3) is 0 Å². The van der Waals surface area contributed by atoms with Crippen LogP contribution in [0.2, 0.25) is 0 Å². The van der Waals surface area contributed by atoms with Crippen molar-refractivity contribution in [1.29, 1.82) is 0 Å². The third-order valence-corrected chi connectivity index (χ3v) is 2.56. The Kier molecular flexibility index (Phi) is 5.77. The minimum Gasteiger partial charge on any atom is -0.370 e. The molecular formula is C13H24N4. The van der Waals surface area contributed by atoms with Crippen molar-refractivity contribution in [2.24, 2.45) is 0 Å². The predicted molar refractivity (Wildman–Crippen MR) is 74.8 cm³/mol. The largest absolute Gasteiger partial charge is 0.370 e. The Morgan fingerprint density at radius 2 is 1.94 bits per heavy atom. The first-order valence-corrected chi connectivity index (χ1v) is 6.20. The fourth-order valence-electron chi connectivity index (χ4n) is 1.45. The number of pyridine rings is 1. The standard InChI is InChI=1S/C13H24N4/c1-5-9-14-12-7-6-8-13(15-12)17(4)11-10-16(2)3/h6-8H,5,9-11H2,1-4H3,(H,14,15). The zero-order valence-electron chi connectivity index (χ0n) is 11.4. The van der Waals surface area contributed by atoms with E-state index in [1.165, 1.54) is 0 Å². The first-order chi connectivity index (χ1) is 8.13. The highest BCUT2D eigenvalue weighted by molar-refractivity contribution is 5.46. The van der Waals surface area contributed by atoms with Crippen molar-refractivity contribution < 1.29 is 0 Å². The molecule has 0 atom stereocenters. The van der Waals surface area contributed by atoms with Crippen LogP contribution in [0.1, 0.15) is 13.3 Å². The van der Waals surface area contributed by atoms with Crippen LogP contribution in [0, 0.1) is 0 Å². The van der Waals surface area contributed by atoms with Gasteiger partial charge in [0.2, 0.25) is 0 Å². The quantitative estimate of drug-likeness (QED) is 0.783. The number of anilines is 2. The van der Waals surface area contributed by atoms with Crippen molar-refractivity contribution in [1.82, 2.24) is 9.88 Å². The van der Waals surface area contributed by atoms with Crippen molar-refractivity contribution >= 4 is 11.6 Å². The lowest BCUT2D eigenvalue weighted by Gasteiger charge is -2.21. The molecule has 17 heavy (non-hydrogen) atoms. The third-order valence-electron chi connectivity index (χ3n) is 2.56. The van der Waals surface area contributed by atoms with Crippen LogP contribution in [0.15, 0.2) is 18.2 Å². The van der Waals surface area contributed by atoms with Gasteiger partial charge in [0.05, 0.1) is 0 Å². The SMILES string of the molecule is CCCNc1cccc(N(C)CCN(C)C)n1. The highest BCUT2D eigenvalue weighted by Crippen LogP contribution is 2.12. The predicted octanol–water partition coefficient (Wildman–Crippen LogP) is 1.90. The highest BCUT2D eigenvalue weighted by Gasteiger charge is 2.03. The van der Waals surface area contributed by atoms with Crippen molar-refractivity contribution in [3.63, 3.8) is 0 Å². The fraction of sp³-hybridized carbons (Fsp3) is 0.615. The summed E-state index contributed by atoms with van der Waals surface area (Å²) >= 11 is 0. The molecule has 0 aliphatic rings. The number of aromatic nitrogens is 1. The van der Waals surface area contributed by atoms with Gasteiger partial charge >= 0.3 is 0 Å². The number of likely N-dealkylation sites (N-methyl/N-ethyl adjacent to an activating group) is 2. The van der Waals surface area contributed by atoms with Crippen LogP contribution in [0.5, 0.6) is 0 Å². The van der Waals surface area contributed by atoms with Gasteiger partial charge < -0.3 is 15.1 Å². The molecule has 0 bridgehead atoms. The molecule has 0 fully saturated rings. The number of hydrogen-bond acceptors (Lipinski definition) is 4. The molecular weight excluding hydrogens is 212 g/mol. The van der Waals surface area contributed by atoms with E-state index in [1.54, 1.807) is 0 Å². The smallest absolute Gasteiger partial charge is 0.130 e. The van der Waals surface area contributed by atoms with E-state index in [2.05, 4.69) is 48.2 Å². The molecule has 0 saturated heterocycles. The van der Waals surface area contributed by atoms with Gasteiger partial charge in [-0.15, -0.1) is 0 Å². The van der Waals surface area contributed by atoms with Crippen LogP contribution < -0.4 is 10.2 Å². The molecule has 0 aliphatic carbocycles. The number of nitrogens with one attached hydrogen (secondary N) is 1. The lowest BCUT2D eigenvalue weighted by atomic mass is 10.4. The summed E-state index contributed by atoms with van der Waals surface area (Å²) in [7, 11) is 6.25. The second-order valence-corrected chi connectivity index (χ2v) is 4.53. The van der Waals surface area contributed by atoms with Crippen LogP contribution in [0.3, 0.4) is 0 Å². The Balaban J connectivity index is 2.57. The lowest BCUT2D eigenvalue weighted by Crippen LogP contribution is -2.29. The van der Waals surface area contributed by atoms with Crippen LogP contribution in [0.4, 0.5) is 11.6 Å². The summed E-state index contributed by atoms with van der Waals surface area (Å²) in [6, 6.07) is 6.11. The van der Waals surface area contributed by atoms with E-state index < -0.39 is 0 Å². The van der Waals surface area contributed by atoms with Crippen molar-refractivity contribution in [3.8, 4) is 0 Å². The summed E-state index contributed by atoms with van der Waals surface area (Å²) in [5.74, 6) is 1.98. The maximum absolute atomic E-state index is 4.58. The van der Waals surface area contributed by atoms with E-state index >= 15 is 0 Å². The summed E-state index contributed by atoms with van der Waals surface area (Å²) < 4.78 is 0. The van der Waals surface area contributed by atoms with E-state index in [0.29, 0.717) is 0 Å². The maximum atomic E-state index is 4.58. The van der Waals surface area contributed by atoms with Gasteiger partial charge in [-0.2, -0.15) is 0 Å². The summed E-state index contributed by atoms with van der Waals surface area (Å²) in [5.41, 5.74) is 0. The van der Waals surface area contributed by atoms with Crippen LogP contribution in [-0.4, -0.2) is 50.7 Å². The Hall–Kier alpha value is -1.29. The van der Waals surface area contributed by atoms with Gasteiger partial charge in [0.15, 0.2) is 0 Å². The van der Waals surface area contributed by atoms with Gasteiger partial charge in [0.1, 0.15) is 11.6 Å². The van der Waals surface area contributed by atoms with Gasteiger partial charge in [-0.3, -0.25) is 0 Å². The minimum atomic E-state index is 0.959.